The predicted molar refractivity (Wildman–Crippen MR) is 108 cm³/mol. The summed E-state index contributed by atoms with van der Waals surface area (Å²) in [4.78, 5) is 25.3. The zero-order chi connectivity index (χ0) is 21.3. The van der Waals surface area contributed by atoms with E-state index in [1.54, 1.807) is 53.5 Å². The van der Waals surface area contributed by atoms with Gasteiger partial charge < -0.3 is 4.90 Å². The van der Waals surface area contributed by atoms with E-state index in [-0.39, 0.29) is 11.6 Å². The first kappa shape index (κ1) is 20.2. The summed E-state index contributed by atoms with van der Waals surface area (Å²) in [5.74, 6) is -0.102. The number of aromatic nitrogens is 4. The third kappa shape index (κ3) is 4.03. The van der Waals surface area contributed by atoms with Gasteiger partial charge in [0.2, 0.25) is 0 Å². The minimum atomic E-state index is -0.413. The van der Waals surface area contributed by atoms with Gasteiger partial charge in [0, 0.05) is 37.5 Å². The summed E-state index contributed by atoms with van der Waals surface area (Å²) in [5, 5.41) is 19.7. The highest BCUT2D eigenvalue weighted by Crippen LogP contribution is 2.23. The molecule has 0 aliphatic carbocycles. The van der Waals surface area contributed by atoms with E-state index in [0.717, 1.165) is 16.8 Å². The maximum Gasteiger partial charge on any atom is 0.312 e. The fraction of sp³-hybridized carbons (Fsp3) is 0.350. The molecule has 2 aromatic heterocycles. The van der Waals surface area contributed by atoms with Crippen molar-refractivity contribution < 1.29 is 9.72 Å². The molecule has 3 rings (SSSR count). The van der Waals surface area contributed by atoms with Crippen LogP contribution in [0, 0.1) is 30.9 Å². The SMILES string of the molecule is Cc1nn(Cc2cccc(C(=O)N(C)Cc3cnn(C)c3C)c2)c(C)c1[N+](=O)[O-]. The molecule has 0 saturated carbocycles. The summed E-state index contributed by atoms with van der Waals surface area (Å²) in [5.41, 5.74) is 4.33. The number of benzene rings is 1. The minimum Gasteiger partial charge on any atom is -0.337 e. The van der Waals surface area contributed by atoms with E-state index in [4.69, 9.17) is 0 Å². The van der Waals surface area contributed by atoms with E-state index in [1.807, 2.05) is 26.1 Å². The van der Waals surface area contributed by atoms with E-state index in [1.165, 1.54) is 0 Å². The van der Waals surface area contributed by atoms with Gasteiger partial charge in [-0.2, -0.15) is 10.2 Å². The van der Waals surface area contributed by atoms with Gasteiger partial charge in [0.05, 0.1) is 17.7 Å². The number of hydrogen-bond acceptors (Lipinski definition) is 5. The second kappa shape index (κ2) is 7.86. The summed E-state index contributed by atoms with van der Waals surface area (Å²) in [7, 11) is 3.62. The Labute approximate surface area is 168 Å². The molecule has 0 radical (unpaired) electrons. The maximum absolute atomic E-state index is 12.9. The second-order valence-electron chi connectivity index (χ2n) is 7.17. The van der Waals surface area contributed by atoms with Crippen molar-refractivity contribution in [1.29, 1.82) is 0 Å². The Morgan fingerprint density at radius 2 is 1.97 bits per heavy atom. The molecular weight excluding hydrogens is 372 g/mol. The number of nitrogens with zero attached hydrogens (tertiary/aromatic N) is 6. The molecule has 0 unspecified atom stereocenters. The molecule has 0 spiro atoms. The van der Waals surface area contributed by atoms with Crippen molar-refractivity contribution in [1.82, 2.24) is 24.5 Å². The van der Waals surface area contributed by atoms with Gasteiger partial charge in [0.1, 0.15) is 11.4 Å². The van der Waals surface area contributed by atoms with Crippen LogP contribution in [0.2, 0.25) is 0 Å². The molecule has 29 heavy (non-hydrogen) atoms. The van der Waals surface area contributed by atoms with Gasteiger partial charge in [0.25, 0.3) is 5.91 Å². The first-order valence-electron chi connectivity index (χ1n) is 9.19. The van der Waals surface area contributed by atoms with Crippen molar-refractivity contribution in [2.24, 2.45) is 7.05 Å². The summed E-state index contributed by atoms with van der Waals surface area (Å²) < 4.78 is 3.38. The molecule has 0 aliphatic rings. The molecule has 1 amide bonds. The lowest BCUT2D eigenvalue weighted by molar-refractivity contribution is -0.386. The lowest BCUT2D eigenvalue weighted by Crippen LogP contribution is -2.26. The normalized spacial score (nSPS) is 10.9. The van der Waals surface area contributed by atoms with Crippen LogP contribution in [0.4, 0.5) is 5.69 Å². The van der Waals surface area contributed by atoms with Gasteiger partial charge in [-0.15, -0.1) is 0 Å². The van der Waals surface area contributed by atoms with Crippen molar-refractivity contribution in [3.63, 3.8) is 0 Å². The molecule has 0 fully saturated rings. The summed E-state index contributed by atoms with van der Waals surface area (Å²) in [6, 6.07) is 7.26. The number of nitro groups is 1. The van der Waals surface area contributed by atoms with E-state index < -0.39 is 4.92 Å². The van der Waals surface area contributed by atoms with Crippen LogP contribution in [0.15, 0.2) is 30.5 Å². The highest BCUT2D eigenvalue weighted by Gasteiger charge is 2.22. The van der Waals surface area contributed by atoms with Crippen molar-refractivity contribution in [3.8, 4) is 0 Å². The molecule has 0 aliphatic heterocycles. The van der Waals surface area contributed by atoms with Gasteiger partial charge >= 0.3 is 5.69 Å². The van der Waals surface area contributed by atoms with Crippen LogP contribution in [-0.4, -0.2) is 42.3 Å². The van der Waals surface area contributed by atoms with Gasteiger partial charge in [-0.05, 0) is 38.5 Å². The first-order chi connectivity index (χ1) is 13.7. The smallest absolute Gasteiger partial charge is 0.312 e. The summed E-state index contributed by atoms with van der Waals surface area (Å²) >= 11 is 0. The molecule has 0 bridgehead atoms. The van der Waals surface area contributed by atoms with Crippen molar-refractivity contribution in [3.05, 3.63) is 74.3 Å². The topological polar surface area (TPSA) is 99.1 Å². The Bertz CT molecular complexity index is 1080. The second-order valence-corrected chi connectivity index (χ2v) is 7.17. The zero-order valence-corrected chi connectivity index (χ0v) is 17.2. The Balaban J connectivity index is 1.79. The van der Waals surface area contributed by atoms with Crippen LogP contribution >= 0.6 is 0 Å². The van der Waals surface area contributed by atoms with Gasteiger partial charge in [-0.3, -0.25) is 24.3 Å². The number of amides is 1. The van der Waals surface area contributed by atoms with E-state index in [9.17, 15) is 14.9 Å². The van der Waals surface area contributed by atoms with Crippen LogP contribution in [0.3, 0.4) is 0 Å². The molecule has 0 saturated heterocycles. The zero-order valence-electron chi connectivity index (χ0n) is 17.2. The highest BCUT2D eigenvalue weighted by molar-refractivity contribution is 5.94. The number of carbonyl (C=O) groups excluding carboxylic acids is 1. The quantitative estimate of drug-likeness (QED) is 0.471. The molecule has 152 valence electrons. The van der Waals surface area contributed by atoms with E-state index in [0.29, 0.717) is 30.0 Å². The molecule has 0 atom stereocenters. The van der Waals surface area contributed by atoms with Crippen molar-refractivity contribution in [2.45, 2.75) is 33.9 Å². The average Bonchev–Trinajstić information content (AvgIpc) is 3.13. The summed E-state index contributed by atoms with van der Waals surface area (Å²) in [6.45, 7) is 6.09. The van der Waals surface area contributed by atoms with Crippen LogP contribution in [0.25, 0.3) is 0 Å². The van der Waals surface area contributed by atoms with Crippen LogP contribution in [-0.2, 0) is 20.1 Å². The fourth-order valence-corrected chi connectivity index (χ4v) is 3.33. The van der Waals surface area contributed by atoms with E-state index in [2.05, 4.69) is 10.2 Å². The van der Waals surface area contributed by atoms with Gasteiger partial charge in [-0.25, -0.2) is 0 Å². The fourth-order valence-electron chi connectivity index (χ4n) is 3.33. The third-order valence-corrected chi connectivity index (χ3v) is 5.12. The number of hydrogen-bond donors (Lipinski definition) is 0. The number of carbonyl (C=O) groups is 1. The van der Waals surface area contributed by atoms with Crippen molar-refractivity contribution >= 4 is 11.6 Å². The van der Waals surface area contributed by atoms with Crippen LogP contribution < -0.4 is 0 Å². The van der Waals surface area contributed by atoms with Gasteiger partial charge in [0.15, 0.2) is 0 Å². The molecule has 0 N–H and O–H groups in total. The lowest BCUT2D eigenvalue weighted by atomic mass is 10.1. The number of aryl methyl sites for hydroxylation is 2. The van der Waals surface area contributed by atoms with Crippen molar-refractivity contribution in [2.75, 3.05) is 7.05 Å². The molecule has 9 heteroatoms. The Morgan fingerprint density at radius 3 is 2.55 bits per heavy atom. The average molecular weight is 396 g/mol. The predicted octanol–water partition coefficient (Wildman–Crippen LogP) is 2.77. The Morgan fingerprint density at radius 1 is 1.24 bits per heavy atom. The molecule has 2 heterocycles. The van der Waals surface area contributed by atoms with Crippen LogP contribution in [0.1, 0.15) is 38.6 Å². The highest BCUT2D eigenvalue weighted by atomic mass is 16.6. The first-order valence-corrected chi connectivity index (χ1v) is 9.19. The minimum absolute atomic E-state index is 0.0313. The van der Waals surface area contributed by atoms with E-state index >= 15 is 0 Å². The Kier molecular flexibility index (Phi) is 5.49. The lowest BCUT2D eigenvalue weighted by Gasteiger charge is -2.17. The molecule has 1 aromatic carbocycles. The largest absolute Gasteiger partial charge is 0.337 e. The standard InChI is InChI=1S/C20H24N6O3/c1-13-19(26(28)29)15(3)25(22-13)11-16-7-6-8-17(9-16)20(27)23(4)12-18-10-21-24(5)14(18)2/h6-10H,11-12H2,1-5H3. The Hall–Kier alpha value is -3.49. The summed E-state index contributed by atoms with van der Waals surface area (Å²) in [6.07, 6.45) is 1.77. The monoisotopic (exact) mass is 396 g/mol. The molecular formula is C20H24N6O3. The molecule has 9 nitrogen and oxygen atoms in total. The van der Waals surface area contributed by atoms with Crippen LogP contribution in [0.5, 0.6) is 0 Å². The third-order valence-electron chi connectivity index (χ3n) is 5.12. The number of rotatable bonds is 6. The van der Waals surface area contributed by atoms with Gasteiger partial charge in [-0.1, -0.05) is 12.1 Å². The maximum atomic E-state index is 12.9. The molecule has 3 aromatic rings.